The molecule has 1 aliphatic heterocycles. The van der Waals surface area contributed by atoms with E-state index in [1.165, 1.54) is 57.4 Å². The third-order valence-electron chi connectivity index (χ3n) is 7.44. The standard InChI is InChI=1S/C33H28FNO8S/c1-33(2,32(38)42-4)30-27(29(36)26-18-21(34)12-17-28(26)43-30)19-35(44(39,40)23-15-13-22(41-3)14-16-23)31(37)25-11-7-9-20-8-5-6-10-24(20)25/h5-19,30H,1-4H3/b27-19+. The van der Waals surface area contributed by atoms with Gasteiger partial charge < -0.3 is 14.2 Å². The van der Waals surface area contributed by atoms with Gasteiger partial charge in [0.1, 0.15) is 28.8 Å². The lowest BCUT2D eigenvalue weighted by Crippen LogP contribution is -2.47. The van der Waals surface area contributed by atoms with Crippen LogP contribution in [0.5, 0.6) is 11.5 Å². The molecule has 1 aliphatic rings. The summed E-state index contributed by atoms with van der Waals surface area (Å²) in [5.74, 6) is -2.94. The summed E-state index contributed by atoms with van der Waals surface area (Å²) in [4.78, 5) is 40.9. The molecule has 5 rings (SSSR count). The van der Waals surface area contributed by atoms with Crippen LogP contribution in [-0.2, 0) is 19.6 Å². The maximum atomic E-state index is 14.3. The maximum Gasteiger partial charge on any atom is 0.315 e. The van der Waals surface area contributed by atoms with Gasteiger partial charge in [-0.2, -0.15) is 0 Å². The average Bonchev–Trinajstić information content (AvgIpc) is 3.03. The molecular weight excluding hydrogens is 589 g/mol. The molecule has 1 atom stereocenters. The summed E-state index contributed by atoms with van der Waals surface area (Å²) in [6, 6.07) is 20.4. The summed E-state index contributed by atoms with van der Waals surface area (Å²) in [5.41, 5.74) is -2.09. The number of hydrogen-bond donors (Lipinski definition) is 0. The van der Waals surface area contributed by atoms with Crippen LogP contribution < -0.4 is 9.47 Å². The molecule has 0 aliphatic carbocycles. The predicted molar refractivity (Wildman–Crippen MR) is 159 cm³/mol. The minimum absolute atomic E-state index is 0.0135. The topological polar surface area (TPSA) is 116 Å². The highest BCUT2D eigenvalue weighted by Crippen LogP contribution is 2.40. The molecule has 0 bridgehead atoms. The van der Waals surface area contributed by atoms with Crippen LogP contribution in [0, 0.1) is 11.2 Å². The number of rotatable bonds is 7. The Bertz CT molecular complexity index is 1930. The Labute approximate surface area is 253 Å². The van der Waals surface area contributed by atoms with Crippen LogP contribution in [0.15, 0.2) is 102 Å². The lowest BCUT2D eigenvalue weighted by atomic mass is 9.78. The number of carbonyl (C=O) groups is 3. The first-order valence-corrected chi connectivity index (χ1v) is 14.9. The summed E-state index contributed by atoms with van der Waals surface area (Å²) >= 11 is 0. The predicted octanol–water partition coefficient (Wildman–Crippen LogP) is 5.55. The van der Waals surface area contributed by atoms with Crippen molar-refractivity contribution >= 4 is 38.5 Å². The van der Waals surface area contributed by atoms with Gasteiger partial charge in [-0.25, -0.2) is 17.1 Å². The zero-order valence-corrected chi connectivity index (χ0v) is 25.1. The molecule has 4 aromatic carbocycles. The molecule has 0 fully saturated rings. The summed E-state index contributed by atoms with van der Waals surface area (Å²) < 4.78 is 59.3. The molecule has 1 unspecified atom stereocenters. The summed E-state index contributed by atoms with van der Waals surface area (Å²) in [7, 11) is -2.11. The number of hydrogen-bond acceptors (Lipinski definition) is 8. The van der Waals surface area contributed by atoms with Crippen LogP contribution in [0.25, 0.3) is 10.8 Å². The lowest BCUT2D eigenvalue weighted by molar-refractivity contribution is -0.155. The number of esters is 1. The molecule has 44 heavy (non-hydrogen) atoms. The van der Waals surface area contributed by atoms with E-state index >= 15 is 0 Å². The number of halogens is 1. The second-order valence-electron chi connectivity index (χ2n) is 10.6. The fourth-order valence-corrected chi connectivity index (χ4v) is 6.31. The van der Waals surface area contributed by atoms with Crippen molar-refractivity contribution in [1.82, 2.24) is 4.31 Å². The quantitative estimate of drug-likeness (QED) is 0.196. The first kappa shape index (κ1) is 30.4. The first-order valence-electron chi connectivity index (χ1n) is 13.4. The lowest BCUT2D eigenvalue weighted by Gasteiger charge is -2.37. The number of sulfonamides is 1. The van der Waals surface area contributed by atoms with Crippen molar-refractivity contribution in [3.63, 3.8) is 0 Å². The number of carbonyl (C=O) groups excluding carboxylic acids is 3. The van der Waals surface area contributed by atoms with Crippen LogP contribution in [-0.4, -0.2) is 50.7 Å². The summed E-state index contributed by atoms with van der Waals surface area (Å²) in [6.45, 7) is 2.90. The van der Waals surface area contributed by atoms with E-state index in [9.17, 15) is 27.2 Å². The SMILES string of the molecule is COC(=O)C(C)(C)C1Oc2ccc(F)cc2C(=O)/C1=C\N(C(=O)c1cccc2ccccc12)S(=O)(=O)c1ccc(OC)cc1. The highest BCUT2D eigenvalue weighted by atomic mass is 32.2. The Morgan fingerprint density at radius 3 is 2.32 bits per heavy atom. The molecule has 4 aromatic rings. The molecular formula is C33H28FNO8S. The van der Waals surface area contributed by atoms with Gasteiger partial charge in [0.25, 0.3) is 15.9 Å². The fraction of sp³-hybridized carbons (Fsp3) is 0.182. The van der Waals surface area contributed by atoms with Crippen molar-refractivity contribution in [1.29, 1.82) is 0 Å². The maximum absolute atomic E-state index is 14.3. The second-order valence-corrected chi connectivity index (χ2v) is 12.4. The molecule has 11 heteroatoms. The van der Waals surface area contributed by atoms with Gasteiger partial charge in [-0.3, -0.25) is 14.4 Å². The van der Waals surface area contributed by atoms with Crippen molar-refractivity contribution in [2.24, 2.45) is 5.41 Å². The van der Waals surface area contributed by atoms with Gasteiger partial charge >= 0.3 is 5.97 Å². The zero-order valence-electron chi connectivity index (χ0n) is 24.2. The summed E-state index contributed by atoms with van der Waals surface area (Å²) in [5, 5.41) is 1.15. The van der Waals surface area contributed by atoms with E-state index < -0.39 is 45.0 Å². The molecule has 0 saturated heterocycles. The number of amides is 1. The highest BCUT2D eigenvalue weighted by Gasteiger charge is 2.48. The van der Waals surface area contributed by atoms with Gasteiger partial charge in [0, 0.05) is 11.8 Å². The molecule has 226 valence electrons. The van der Waals surface area contributed by atoms with E-state index in [-0.39, 0.29) is 27.3 Å². The van der Waals surface area contributed by atoms with Crippen LogP contribution >= 0.6 is 0 Å². The van der Waals surface area contributed by atoms with E-state index in [1.807, 2.05) is 0 Å². The average molecular weight is 618 g/mol. The van der Waals surface area contributed by atoms with Crippen LogP contribution in [0.4, 0.5) is 4.39 Å². The van der Waals surface area contributed by atoms with Crippen molar-refractivity contribution < 1.29 is 41.4 Å². The van der Waals surface area contributed by atoms with Crippen LogP contribution in [0.2, 0.25) is 0 Å². The minimum atomic E-state index is -4.69. The number of methoxy groups -OCH3 is 2. The van der Waals surface area contributed by atoms with Crippen molar-refractivity contribution in [2.75, 3.05) is 14.2 Å². The molecule has 9 nitrogen and oxygen atoms in total. The molecule has 0 radical (unpaired) electrons. The van der Waals surface area contributed by atoms with E-state index in [2.05, 4.69) is 0 Å². The van der Waals surface area contributed by atoms with E-state index in [1.54, 1.807) is 36.4 Å². The van der Waals surface area contributed by atoms with E-state index in [4.69, 9.17) is 14.2 Å². The first-order chi connectivity index (χ1) is 20.9. The molecule has 0 saturated carbocycles. The van der Waals surface area contributed by atoms with Gasteiger partial charge in [0.15, 0.2) is 5.78 Å². The number of nitrogens with zero attached hydrogens (tertiary/aromatic N) is 1. The number of Topliss-reactive ketones (excluding diaryl/α,β-unsaturated/α-hetero) is 1. The number of ether oxygens (including phenoxy) is 3. The Kier molecular flexibility index (Phi) is 8.00. The van der Waals surface area contributed by atoms with Crippen molar-refractivity contribution in [3.05, 3.63) is 114 Å². The fourth-order valence-electron chi connectivity index (χ4n) is 5.04. The highest BCUT2D eigenvalue weighted by molar-refractivity contribution is 7.89. The van der Waals surface area contributed by atoms with Gasteiger partial charge in [0.05, 0.1) is 30.3 Å². The monoisotopic (exact) mass is 617 g/mol. The van der Waals surface area contributed by atoms with Crippen LogP contribution in [0.3, 0.4) is 0 Å². The van der Waals surface area contributed by atoms with Crippen molar-refractivity contribution in [2.45, 2.75) is 24.8 Å². The summed E-state index contributed by atoms with van der Waals surface area (Å²) in [6.07, 6.45) is -0.566. The third-order valence-corrected chi connectivity index (χ3v) is 9.09. The van der Waals surface area contributed by atoms with Gasteiger partial charge in [-0.05, 0) is 73.2 Å². The Balaban J connectivity index is 1.77. The van der Waals surface area contributed by atoms with Gasteiger partial charge in [0.2, 0.25) is 0 Å². The molecule has 1 heterocycles. The molecule has 1 amide bonds. The van der Waals surface area contributed by atoms with Gasteiger partial charge in [-0.15, -0.1) is 0 Å². The second kappa shape index (κ2) is 11.6. The van der Waals surface area contributed by atoms with Gasteiger partial charge in [-0.1, -0.05) is 36.4 Å². The zero-order chi connectivity index (χ0) is 31.8. The number of fused-ring (bicyclic) bond motifs is 2. The number of benzene rings is 4. The molecule has 0 spiro atoms. The van der Waals surface area contributed by atoms with E-state index in [0.717, 1.165) is 25.4 Å². The molecule has 0 N–H and O–H groups in total. The largest absolute Gasteiger partial charge is 0.497 e. The minimum Gasteiger partial charge on any atom is -0.497 e. The number of ketones is 1. The Morgan fingerprint density at radius 2 is 1.64 bits per heavy atom. The normalized spacial score (nSPS) is 15.8. The van der Waals surface area contributed by atoms with Crippen molar-refractivity contribution in [3.8, 4) is 11.5 Å². The van der Waals surface area contributed by atoms with E-state index in [0.29, 0.717) is 20.8 Å². The Hall–Kier alpha value is -5.03. The molecule has 0 aromatic heterocycles. The smallest absolute Gasteiger partial charge is 0.315 e. The van der Waals surface area contributed by atoms with Crippen LogP contribution in [0.1, 0.15) is 34.6 Å². The third kappa shape index (κ3) is 5.30. The Morgan fingerprint density at radius 1 is 0.955 bits per heavy atom.